The molecular weight excluding hydrogens is 286 g/mol. The van der Waals surface area contributed by atoms with Gasteiger partial charge in [0, 0.05) is 22.2 Å². The zero-order valence-electron chi connectivity index (χ0n) is 9.07. The van der Waals surface area contributed by atoms with Crippen molar-refractivity contribution in [1.29, 1.82) is 0 Å². The topological polar surface area (TPSA) is 39.2 Å². The van der Waals surface area contributed by atoms with Crippen LogP contribution in [0.5, 0.6) is 0 Å². The summed E-state index contributed by atoms with van der Waals surface area (Å²) in [6.07, 6.45) is 1.73. The lowest BCUT2D eigenvalue weighted by Gasteiger charge is -2.07. The fourth-order valence-electron chi connectivity index (χ4n) is 1.55. The number of furan rings is 1. The molecule has 2 heterocycles. The summed E-state index contributed by atoms with van der Waals surface area (Å²) in [7, 11) is 0. The van der Waals surface area contributed by atoms with Gasteiger partial charge in [0.25, 0.3) is 0 Å². The molecule has 0 bridgehead atoms. The molecule has 4 heteroatoms. The minimum Gasteiger partial charge on any atom is -0.464 e. The summed E-state index contributed by atoms with van der Waals surface area (Å²) in [6.45, 7) is 2.07. The van der Waals surface area contributed by atoms with Crippen molar-refractivity contribution >= 4 is 27.3 Å². The fraction of sp³-hybridized carbons (Fsp3) is 0.333. The molecule has 2 N–H and O–H groups in total. The molecule has 1 atom stereocenters. The van der Waals surface area contributed by atoms with Gasteiger partial charge in [-0.1, -0.05) is 6.92 Å². The number of hydrogen-bond donors (Lipinski definition) is 1. The van der Waals surface area contributed by atoms with Gasteiger partial charge in [-0.25, -0.2) is 0 Å². The third kappa shape index (κ3) is 2.56. The van der Waals surface area contributed by atoms with Crippen molar-refractivity contribution in [2.24, 2.45) is 5.73 Å². The SMILES string of the molecule is CCc1ccc(C(N)Cc2sccc2Br)o1. The van der Waals surface area contributed by atoms with Gasteiger partial charge in [0.2, 0.25) is 0 Å². The first-order chi connectivity index (χ1) is 7.70. The monoisotopic (exact) mass is 299 g/mol. The van der Waals surface area contributed by atoms with Crippen LogP contribution in [0.2, 0.25) is 0 Å². The molecule has 0 aliphatic carbocycles. The van der Waals surface area contributed by atoms with E-state index < -0.39 is 0 Å². The highest BCUT2D eigenvalue weighted by Gasteiger charge is 2.13. The van der Waals surface area contributed by atoms with Crippen LogP contribution in [-0.2, 0) is 12.8 Å². The molecule has 2 aromatic rings. The molecule has 0 amide bonds. The second-order valence-corrected chi connectivity index (χ2v) is 5.51. The number of rotatable bonds is 4. The van der Waals surface area contributed by atoms with Crippen molar-refractivity contribution in [1.82, 2.24) is 0 Å². The molecule has 0 aliphatic rings. The lowest BCUT2D eigenvalue weighted by atomic mass is 10.1. The van der Waals surface area contributed by atoms with E-state index in [0.717, 1.165) is 28.8 Å². The summed E-state index contributed by atoms with van der Waals surface area (Å²) < 4.78 is 6.78. The minimum absolute atomic E-state index is 0.0600. The van der Waals surface area contributed by atoms with Crippen LogP contribution in [0, 0.1) is 0 Å². The second kappa shape index (κ2) is 5.17. The van der Waals surface area contributed by atoms with Crippen LogP contribution in [-0.4, -0.2) is 0 Å². The molecule has 0 fully saturated rings. The molecule has 1 unspecified atom stereocenters. The Morgan fingerprint density at radius 3 is 2.81 bits per heavy atom. The maximum Gasteiger partial charge on any atom is 0.121 e. The molecule has 2 nitrogen and oxygen atoms in total. The Morgan fingerprint density at radius 1 is 1.44 bits per heavy atom. The third-order valence-electron chi connectivity index (χ3n) is 2.49. The largest absolute Gasteiger partial charge is 0.464 e. The highest BCUT2D eigenvalue weighted by molar-refractivity contribution is 9.10. The number of nitrogens with two attached hydrogens (primary N) is 1. The molecule has 2 rings (SSSR count). The van der Waals surface area contributed by atoms with E-state index in [9.17, 15) is 0 Å². The number of thiophene rings is 1. The van der Waals surface area contributed by atoms with Crippen molar-refractivity contribution in [2.45, 2.75) is 25.8 Å². The predicted molar refractivity (Wildman–Crippen MR) is 70.7 cm³/mol. The van der Waals surface area contributed by atoms with Crippen LogP contribution in [0.15, 0.2) is 32.5 Å². The molecule has 86 valence electrons. The summed E-state index contributed by atoms with van der Waals surface area (Å²) in [4.78, 5) is 1.27. The van der Waals surface area contributed by atoms with Crippen molar-refractivity contribution in [3.05, 3.63) is 44.4 Å². The standard InChI is InChI=1S/C12H14BrNOS/c1-2-8-3-4-11(15-8)10(14)7-12-9(13)5-6-16-12/h3-6,10H,2,7,14H2,1H3. The van der Waals surface area contributed by atoms with Crippen LogP contribution in [0.4, 0.5) is 0 Å². The Bertz CT molecular complexity index is 463. The van der Waals surface area contributed by atoms with Crippen LogP contribution in [0.1, 0.15) is 29.4 Å². The van der Waals surface area contributed by atoms with Gasteiger partial charge in [0.15, 0.2) is 0 Å². The summed E-state index contributed by atoms with van der Waals surface area (Å²) in [5.41, 5.74) is 6.12. The summed E-state index contributed by atoms with van der Waals surface area (Å²) in [6, 6.07) is 5.96. The van der Waals surface area contributed by atoms with Crippen LogP contribution in [0.25, 0.3) is 0 Å². The first-order valence-corrected chi connectivity index (χ1v) is 6.94. The number of halogens is 1. The van der Waals surface area contributed by atoms with E-state index in [-0.39, 0.29) is 6.04 Å². The number of aryl methyl sites for hydroxylation is 1. The molecule has 0 aliphatic heterocycles. The van der Waals surface area contributed by atoms with Gasteiger partial charge in [-0.15, -0.1) is 11.3 Å². The Labute approximate surface area is 108 Å². The van der Waals surface area contributed by atoms with Crippen LogP contribution >= 0.6 is 27.3 Å². The van der Waals surface area contributed by atoms with Gasteiger partial charge in [0.1, 0.15) is 11.5 Å². The van der Waals surface area contributed by atoms with Gasteiger partial charge < -0.3 is 10.2 Å². The van der Waals surface area contributed by atoms with Crippen LogP contribution in [0.3, 0.4) is 0 Å². The van der Waals surface area contributed by atoms with Crippen LogP contribution < -0.4 is 5.73 Å². The number of hydrogen-bond acceptors (Lipinski definition) is 3. The van der Waals surface area contributed by atoms with Gasteiger partial charge in [-0.05, 0) is 39.5 Å². The van der Waals surface area contributed by atoms with Crippen molar-refractivity contribution < 1.29 is 4.42 Å². The Kier molecular flexibility index (Phi) is 3.84. The summed E-state index contributed by atoms with van der Waals surface area (Å²) in [5, 5.41) is 2.06. The third-order valence-corrected chi connectivity index (χ3v) is 4.44. The zero-order valence-corrected chi connectivity index (χ0v) is 11.5. The first-order valence-electron chi connectivity index (χ1n) is 5.26. The fourth-order valence-corrected chi connectivity index (χ4v) is 3.13. The van der Waals surface area contributed by atoms with E-state index in [1.165, 1.54) is 4.88 Å². The highest BCUT2D eigenvalue weighted by Crippen LogP contribution is 2.27. The van der Waals surface area contributed by atoms with Gasteiger partial charge in [-0.3, -0.25) is 0 Å². The molecule has 16 heavy (non-hydrogen) atoms. The van der Waals surface area contributed by atoms with E-state index >= 15 is 0 Å². The van der Waals surface area contributed by atoms with E-state index in [1.54, 1.807) is 11.3 Å². The quantitative estimate of drug-likeness (QED) is 0.930. The maximum absolute atomic E-state index is 6.12. The molecule has 0 aromatic carbocycles. The van der Waals surface area contributed by atoms with E-state index in [2.05, 4.69) is 28.2 Å². The predicted octanol–water partition coefficient (Wildman–Crippen LogP) is 3.91. The summed E-state index contributed by atoms with van der Waals surface area (Å²) >= 11 is 5.23. The Balaban J connectivity index is 2.08. The molecule has 0 spiro atoms. The molecule has 0 saturated heterocycles. The maximum atomic E-state index is 6.12. The summed E-state index contributed by atoms with van der Waals surface area (Å²) in [5.74, 6) is 1.87. The Morgan fingerprint density at radius 2 is 2.25 bits per heavy atom. The van der Waals surface area contributed by atoms with Crippen molar-refractivity contribution in [3.63, 3.8) is 0 Å². The average Bonchev–Trinajstić information content (AvgIpc) is 2.88. The molecule has 0 radical (unpaired) electrons. The lowest BCUT2D eigenvalue weighted by Crippen LogP contribution is -2.11. The van der Waals surface area contributed by atoms with Crippen molar-refractivity contribution in [3.8, 4) is 0 Å². The molecule has 0 saturated carbocycles. The van der Waals surface area contributed by atoms with Gasteiger partial charge >= 0.3 is 0 Å². The van der Waals surface area contributed by atoms with Gasteiger partial charge in [0.05, 0.1) is 6.04 Å². The molecule has 2 aromatic heterocycles. The smallest absolute Gasteiger partial charge is 0.121 e. The van der Waals surface area contributed by atoms with E-state index in [0.29, 0.717) is 0 Å². The molecular formula is C12H14BrNOS. The van der Waals surface area contributed by atoms with E-state index in [4.69, 9.17) is 10.2 Å². The first kappa shape index (κ1) is 11.9. The highest BCUT2D eigenvalue weighted by atomic mass is 79.9. The van der Waals surface area contributed by atoms with E-state index in [1.807, 2.05) is 18.2 Å². The van der Waals surface area contributed by atoms with Gasteiger partial charge in [-0.2, -0.15) is 0 Å². The minimum atomic E-state index is -0.0600. The second-order valence-electron chi connectivity index (χ2n) is 3.66. The average molecular weight is 300 g/mol. The zero-order chi connectivity index (χ0) is 11.5. The lowest BCUT2D eigenvalue weighted by molar-refractivity contribution is 0.435. The Hall–Kier alpha value is -0.580. The normalized spacial score (nSPS) is 12.9. The van der Waals surface area contributed by atoms with Crippen molar-refractivity contribution in [2.75, 3.05) is 0 Å².